The number of nitrogens with one attached hydrogen (secondary N) is 1. The minimum Gasteiger partial charge on any atom is -0.462 e. The van der Waals surface area contributed by atoms with E-state index in [1.54, 1.807) is 24.3 Å². The Labute approximate surface area is 213 Å². The van der Waals surface area contributed by atoms with Crippen LogP contribution in [0.4, 0.5) is 10.5 Å². The molecule has 0 unspecified atom stereocenters. The van der Waals surface area contributed by atoms with Crippen LogP contribution >= 0.6 is 12.4 Å². The van der Waals surface area contributed by atoms with Crippen molar-refractivity contribution in [3.05, 3.63) is 29.8 Å². The molecule has 196 valence electrons. The molecule has 0 radical (unpaired) electrons. The third-order valence-corrected chi connectivity index (χ3v) is 5.61. The minimum atomic E-state index is -0.470. The fourth-order valence-electron chi connectivity index (χ4n) is 3.53. The largest absolute Gasteiger partial charge is 0.462 e. The summed E-state index contributed by atoms with van der Waals surface area (Å²) in [6.45, 7) is 10.6. The van der Waals surface area contributed by atoms with E-state index in [1.165, 1.54) is 51.4 Å². The number of hydrogen-bond acceptors (Lipinski definition) is 5. The van der Waals surface area contributed by atoms with Gasteiger partial charge in [0.1, 0.15) is 0 Å². The first-order valence-corrected chi connectivity index (χ1v) is 13.0. The number of esters is 1. The molecular weight excluding hydrogens is 452 g/mol. The number of hydrogen-bond donors (Lipinski definition) is 1. The van der Waals surface area contributed by atoms with Crippen LogP contribution in [0.1, 0.15) is 102 Å². The molecule has 0 aliphatic heterocycles. The van der Waals surface area contributed by atoms with Crippen molar-refractivity contribution in [3.63, 3.8) is 0 Å². The number of halogens is 1. The van der Waals surface area contributed by atoms with Crippen molar-refractivity contribution in [1.29, 1.82) is 0 Å². The van der Waals surface area contributed by atoms with Gasteiger partial charge < -0.3 is 14.4 Å². The van der Waals surface area contributed by atoms with Gasteiger partial charge in [0.15, 0.2) is 0 Å². The second-order valence-electron chi connectivity index (χ2n) is 8.64. The van der Waals surface area contributed by atoms with E-state index in [0.29, 0.717) is 24.5 Å². The maximum Gasteiger partial charge on any atom is 0.411 e. The number of benzene rings is 1. The topological polar surface area (TPSA) is 67.9 Å². The molecule has 0 saturated heterocycles. The van der Waals surface area contributed by atoms with Gasteiger partial charge >= 0.3 is 12.1 Å². The summed E-state index contributed by atoms with van der Waals surface area (Å²) in [5.41, 5.74) is 1.08. The number of ether oxygens (including phenoxy) is 2. The second kappa shape index (κ2) is 21.7. The molecule has 1 aromatic rings. The summed E-state index contributed by atoms with van der Waals surface area (Å²) in [5, 5.41) is 2.71. The van der Waals surface area contributed by atoms with Gasteiger partial charge in [0, 0.05) is 12.2 Å². The monoisotopic (exact) mass is 498 g/mol. The third-order valence-electron chi connectivity index (χ3n) is 5.61. The van der Waals surface area contributed by atoms with Crippen LogP contribution in [0.5, 0.6) is 0 Å². The van der Waals surface area contributed by atoms with Crippen molar-refractivity contribution in [2.45, 2.75) is 91.4 Å². The molecule has 7 heteroatoms. The van der Waals surface area contributed by atoms with Crippen molar-refractivity contribution in [2.24, 2.45) is 0 Å². The van der Waals surface area contributed by atoms with E-state index < -0.39 is 6.09 Å². The first-order chi connectivity index (χ1) is 16.1. The number of amides is 1. The average molecular weight is 499 g/mol. The molecule has 1 amide bonds. The lowest BCUT2D eigenvalue weighted by Gasteiger charge is -2.21. The van der Waals surface area contributed by atoms with Gasteiger partial charge in [0.2, 0.25) is 0 Å². The molecule has 34 heavy (non-hydrogen) atoms. The zero-order valence-electron chi connectivity index (χ0n) is 21.6. The number of carbonyl (C=O) groups excluding carboxylic acids is 2. The van der Waals surface area contributed by atoms with Crippen LogP contribution < -0.4 is 5.32 Å². The lowest BCUT2D eigenvalue weighted by atomic mass is 10.1. The van der Waals surface area contributed by atoms with Gasteiger partial charge in [-0.2, -0.15) is 0 Å². The molecule has 0 aliphatic rings. The van der Waals surface area contributed by atoms with Gasteiger partial charge in [-0.3, -0.25) is 5.32 Å². The predicted octanol–water partition coefficient (Wildman–Crippen LogP) is 7.47. The van der Waals surface area contributed by atoms with Crippen LogP contribution in [0.25, 0.3) is 0 Å². The van der Waals surface area contributed by atoms with Crippen LogP contribution in [-0.4, -0.2) is 49.8 Å². The van der Waals surface area contributed by atoms with Gasteiger partial charge in [-0.15, -0.1) is 12.4 Å². The Bertz CT molecular complexity index is 632. The Kier molecular flexibility index (Phi) is 20.6. The summed E-state index contributed by atoms with van der Waals surface area (Å²) >= 11 is 0. The molecule has 0 atom stereocenters. The van der Waals surface area contributed by atoms with Crippen molar-refractivity contribution >= 4 is 30.2 Å². The van der Waals surface area contributed by atoms with Crippen molar-refractivity contribution in [1.82, 2.24) is 4.90 Å². The first kappa shape index (κ1) is 32.2. The average Bonchev–Trinajstić information content (AvgIpc) is 2.82. The van der Waals surface area contributed by atoms with Gasteiger partial charge in [-0.25, -0.2) is 9.59 Å². The molecule has 0 aromatic heterocycles. The van der Waals surface area contributed by atoms with Crippen LogP contribution in [0, 0.1) is 0 Å². The van der Waals surface area contributed by atoms with E-state index in [9.17, 15) is 9.59 Å². The molecule has 0 bridgehead atoms. The van der Waals surface area contributed by atoms with E-state index in [4.69, 9.17) is 9.47 Å². The third kappa shape index (κ3) is 15.9. The van der Waals surface area contributed by atoms with E-state index in [0.717, 1.165) is 38.9 Å². The second-order valence-corrected chi connectivity index (χ2v) is 8.64. The lowest BCUT2D eigenvalue weighted by molar-refractivity contribution is 0.0497. The molecule has 0 spiro atoms. The Morgan fingerprint density at radius 2 is 1.24 bits per heavy atom. The van der Waals surface area contributed by atoms with Crippen molar-refractivity contribution in [2.75, 3.05) is 38.2 Å². The highest BCUT2D eigenvalue weighted by molar-refractivity contribution is 5.91. The predicted molar refractivity (Wildman–Crippen MR) is 143 cm³/mol. The number of carbonyl (C=O) groups is 2. The maximum atomic E-state index is 12.1. The maximum absolute atomic E-state index is 12.1. The van der Waals surface area contributed by atoms with Crippen molar-refractivity contribution in [3.8, 4) is 0 Å². The molecule has 0 aliphatic carbocycles. The fourth-order valence-corrected chi connectivity index (χ4v) is 3.53. The number of anilines is 1. The van der Waals surface area contributed by atoms with Crippen molar-refractivity contribution < 1.29 is 19.1 Å². The minimum absolute atomic E-state index is 0. The Morgan fingerprint density at radius 1 is 0.706 bits per heavy atom. The number of rotatable bonds is 19. The summed E-state index contributed by atoms with van der Waals surface area (Å²) in [6.07, 6.45) is 12.1. The summed E-state index contributed by atoms with van der Waals surface area (Å²) in [5.74, 6) is -0.326. The van der Waals surface area contributed by atoms with Gasteiger partial charge in [-0.1, -0.05) is 65.7 Å². The van der Waals surface area contributed by atoms with Gasteiger partial charge in [0.05, 0.1) is 18.8 Å². The standard InChI is InChI=1S/C27H46N2O4.ClH/c1-4-7-10-11-12-13-22-32-26(30)24-15-17-25(18-16-24)28-27(31)33-23-14-21-29(19-8-5-2)20-9-6-3;/h15-18H,4-14,19-23H2,1-3H3,(H,28,31);1H. The number of nitrogens with zero attached hydrogens (tertiary/aromatic N) is 1. The van der Waals surface area contributed by atoms with Gasteiger partial charge in [-0.05, 0) is 63.0 Å². The summed E-state index contributed by atoms with van der Waals surface area (Å²) in [7, 11) is 0. The molecule has 1 rings (SSSR count). The van der Waals surface area contributed by atoms with Crippen LogP contribution in [-0.2, 0) is 9.47 Å². The fraction of sp³-hybridized carbons (Fsp3) is 0.704. The van der Waals surface area contributed by atoms with E-state index in [-0.39, 0.29) is 18.4 Å². The highest BCUT2D eigenvalue weighted by Crippen LogP contribution is 2.12. The molecule has 6 nitrogen and oxygen atoms in total. The van der Waals surface area contributed by atoms with Crippen LogP contribution in [0.2, 0.25) is 0 Å². The molecule has 0 fully saturated rings. The first-order valence-electron chi connectivity index (χ1n) is 13.0. The summed E-state index contributed by atoms with van der Waals surface area (Å²) in [4.78, 5) is 26.6. The SMILES string of the molecule is CCCCCCCCOC(=O)c1ccc(NC(=O)OCCCN(CCCC)CCCC)cc1.Cl. The Balaban J connectivity index is 0.0000109. The summed E-state index contributed by atoms with van der Waals surface area (Å²) < 4.78 is 10.6. The molecule has 0 saturated carbocycles. The molecular formula is C27H47ClN2O4. The van der Waals surface area contributed by atoms with Gasteiger partial charge in [0.25, 0.3) is 0 Å². The Morgan fingerprint density at radius 3 is 1.85 bits per heavy atom. The normalized spacial score (nSPS) is 10.6. The van der Waals surface area contributed by atoms with Crippen LogP contribution in [0.3, 0.4) is 0 Å². The number of unbranched alkanes of at least 4 members (excludes halogenated alkanes) is 7. The lowest BCUT2D eigenvalue weighted by Crippen LogP contribution is -2.28. The Hall–Kier alpha value is -1.79. The van der Waals surface area contributed by atoms with E-state index >= 15 is 0 Å². The van der Waals surface area contributed by atoms with Crippen LogP contribution in [0.15, 0.2) is 24.3 Å². The molecule has 1 N–H and O–H groups in total. The quantitative estimate of drug-likeness (QED) is 0.158. The summed E-state index contributed by atoms with van der Waals surface area (Å²) in [6, 6.07) is 6.72. The smallest absolute Gasteiger partial charge is 0.411 e. The highest BCUT2D eigenvalue weighted by atomic mass is 35.5. The van der Waals surface area contributed by atoms with E-state index in [1.807, 2.05) is 0 Å². The zero-order chi connectivity index (χ0) is 24.2. The molecule has 1 aromatic carbocycles. The molecule has 0 heterocycles. The van der Waals surface area contributed by atoms with E-state index in [2.05, 4.69) is 31.0 Å². The highest BCUT2D eigenvalue weighted by Gasteiger charge is 2.09. The zero-order valence-corrected chi connectivity index (χ0v) is 22.4.